The molecule has 0 fully saturated rings. The fourth-order valence-corrected chi connectivity index (χ4v) is 4.00. The van der Waals surface area contributed by atoms with Crippen molar-refractivity contribution in [3.8, 4) is 10.4 Å². The van der Waals surface area contributed by atoms with Gasteiger partial charge in [0.05, 0.1) is 12.0 Å². The summed E-state index contributed by atoms with van der Waals surface area (Å²) in [6, 6.07) is 12.8. The first kappa shape index (κ1) is 14.9. The Labute approximate surface area is 133 Å². The van der Waals surface area contributed by atoms with Crippen molar-refractivity contribution in [3.05, 3.63) is 59.2 Å². The Kier molecular flexibility index (Phi) is 3.80. The van der Waals surface area contributed by atoms with E-state index in [-0.39, 0.29) is 5.09 Å². The Morgan fingerprint density at radius 3 is 2.55 bits per heavy atom. The SMILES string of the molecule is Cc1ccc(-c2ccc(C)c(NS(=O)(=O)c3ccco3)c2)s1. The maximum atomic E-state index is 12.3. The van der Waals surface area contributed by atoms with Gasteiger partial charge < -0.3 is 4.42 Å². The fourth-order valence-electron chi connectivity index (χ4n) is 2.09. The number of sulfonamides is 1. The second-order valence-electron chi connectivity index (χ2n) is 4.98. The fraction of sp³-hybridized carbons (Fsp3) is 0.125. The van der Waals surface area contributed by atoms with Crippen LogP contribution in [0.15, 0.2) is 58.2 Å². The van der Waals surface area contributed by atoms with Crippen molar-refractivity contribution in [2.45, 2.75) is 18.9 Å². The average molecular weight is 333 g/mol. The molecule has 0 aliphatic heterocycles. The van der Waals surface area contributed by atoms with Crippen LogP contribution in [0.1, 0.15) is 10.4 Å². The molecule has 0 aliphatic rings. The van der Waals surface area contributed by atoms with Gasteiger partial charge >= 0.3 is 0 Å². The Morgan fingerprint density at radius 1 is 1.09 bits per heavy atom. The van der Waals surface area contributed by atoms with Gasteiger partial charge in [0, 0.05) is 9.75 Å². The maximum absolute atomic E-state index is 12.3. The average Bonchev–Trinajstić information content (AvgIpc) is 3.12. The normalized spacial score (nSPS) is 11.5. The van der Waals surface area contributed by atoms with Crippen LogP contribution in [0.5, 0.6) is 0 Å². The van der Waals surface area contributed by atoms with Crippen LogP contribution < -0.4 is 4.72 Å². The molecule has 22 heavy (non-hydrogen) atoms. The molecule has 1 aromatic carbocycles. The topological polar surface area (TPSA) is 59.3 Å². The minimum atomic E-state index is -3.70. The molecule has 2 heterocycles. The van der Waals surface area contributed by atoms with E-state index in [9.17, 15) is 8.42 Å². The summed E-state index contributed by atoms with van der Waals surface area (Å²) in [6.45, 7) is 3.91. The monoisotopic (exact) mass is 333 g/mol. The van der Waals surface area contributed by atoms with Crippen molar-refractivity contribution in [2.24, 2.45) is 0 Å². The predicted octanol–water partition coefficient (Wildman–Crippen LogP) is 4.43. The van der Waals surface area contributed by atoms with Crippen LogP contribution in [-0.2, 0) is 10.0 Å². The van der Waals surface area contributed by atoms with Gasteiger partial charge in [0.1, 0.15) is 0 Å². The van der Waals surface area contributed by atoms with Gasteiger partial charge in [-0.15, -0.1) is 11.3 Å². The second-order valence-corrected chi connectivity index (χ2v) is 7.88. The van der Waals surface area contributed by atoms with Gasteiger partial charge in [-0.2, -0.15) is 8.42 Å². The minimum Gasteiger partial charge on any atom is -0.451 e. The molecule has 114 valence electrons. The smallest absolute Gasteiger partial charge is 0.295 e. The molecule has 0 saturated heterocycles. The van der Waals surface area contributed by atoms with Gasteiger partial charge in [-0.05, 0) is 55.3 Å². The van der Waals surface area contributed by atoms with Crippen LogP contribution >= 0.6 is 11.3 Å². The van der Waals surface area contributed by atoms with Crippen LogP contribution in [-0.4, -0.2) is 8.42 Å². The van der Waals surface area contributed by atoms with Crippen LogP contribution in [0.3, 0.4) is 0 Å². The molecule has 0 atom stereocenters. The Hall–Kier alpha value is -2.05. The molecule has 2 aromatic heterocycles. The van der Waals surface area contributed by atoms with E-state index in [2.05, 4.69) is 4.72 Å². The number of rotatable bonds is 4. The molecule has 0 amide bonds. The highest BCUT2D eigenvalue weighted by atomic mass is 32.2. The molecule has 0 unspecified atom stereocenters. The van der Waals surface area contributed by atoms with Crippen molar-refractivity contribution in [2.75, 3.05) is 4.72 Å². The van der Waals surface area contributed by atoms with E-state index in [0.29, 0.717) is 5.69 Å². The summed E-state index contributed by atoms with van der Waals surface area (Å²) in [6.07, 6.45) is 1.34. The van der Waals surface area contributed by atoms with Gasteiger partial charge in [0.25, 0.3) is 10.0 Å². The third-order valence-corrected chi connectivity index (χ3v) is 5.57. The van der Waals surface area contributed by atoms with E-state index in [1.165, 1.54) is 17.2 Å². The first-order valence-corrected chi connectivity index (χ1v) is 8.99. The molecule has 0 aliphatic carbocycles. The molecule has 4 nitrogen and oxygen atoms in total. The van der Waals surface area contributed by atoms with Crippen molar-refractivity contribution in [3.63, 3.8) is 0 Å². The van der Waals surface area contributed by atoms with Crippen LogP contribution in [0.2, 0.25) is 0 Å². The van der Waals surface area contributed by atoms with E-state index >= 15 is 0 Å². The zero-order chi connectivity index (χ0) is 15.7. The summed E-state index contributed by atoms with van der Waals surface area (Å²) in [5.74, 6) is 0. The van der Waals surface area contributed by atoms with Crippen LogP contribution in [0, 0.1) is 13.8 Å². The Balaban J connectivity index is 1.97. The summed E-state index contributed by atoms with van der Waals surface area (Å²) in [7, 11) is -3.70. The highest BCUT2D eigenvalue weighted by Crippen LogP contribution is 2.31. The Bertz CT molecular complexity index is 893. The maximum Gasteiger partial charge on any atom is 0.295 e. The molecular weight excluding hydrogens is 318 g/mol. The van der Waals surface area contributed by atoms with Gasteiger partial charge in [0.15, 0.2) is 0 Å². The van der Waals surface area contributed by atoms with E-state index in [0.717, 1.165) is 16.0 Å². The molecule has 3 rings (SSSR count). The number of anilines is 1. The third kappa shape index (κ3) is 2.93. The quantitative estimate of drug-likeness (QED) is 0.768. The lowest BCUT2D eigenvalue weighted by atomic mass is 10.1. The molecule has 1 N–H and O–H groups in total. The lowest BCUT2D eigenvalue weighted by molar-refractivity contribution is 0.452. The number of nitrogens with one attached hydrogen (secondary N) is 1. The summed E-state index contributed by atoms with van der Waals surface area (Å²) < 4.78 is 32.1. The van der Waals surface area contributed by atoms with Crippen molar-refractivity contribution in [1.82, 2.24) is 0 Å². The van der Waals surface area contributed by atoms with Crippen LogP contribution in [0.4, 0.5) is 5.69 Å². The highest BCUT2D eigenvalue weighted by molar-refractivity contribution is 7.92. The Morgan fingerprint density at radius 2 is 1.91 bits per heavy atom. The summed E-state index contributed by atoms with van der Waals surface area (Å²) >= 11 is 1.68. The van der Waals surface area contributed by atoms with Crippen molar-refractivity contribution in [1.29, 1.82) is 0 Å². The van der Waals surface area contributed by atoms with Gasteiger partial charge in [0.2, 0.25) is 5.09 Å². The molecule has 6 heteroatoms. The van der Waals surface area contributed by atoms with Crippen molar-refractivity contribution < 1.29 is 12.8 Å². The van der Waals surface area contributed by atoms with Gasteiger partial charge in [-0.3, -0.25) is 4.72 Å². The number of benzene rings is 1. The minimum absolute atomic E-state index is 0.0933. The number of thiophene rings is 1. The molecular formula is C16H15NO3S2. The first-order chi connectivity index (χ1) is 10.5. The van der Waals surface area contributed by atoms with E-state index < -0.39 is 10.0 Å². The summed E-state index contributed by atoms with van der Waals surface area (Å²) in [4.78, 5) is 2.32. The largest absolute Gasteiger partial charge is 0.451 e. The third-order valence-electron chi connectivity index (χ3n) is 3.27. The number of hydrogen-bond acceptors (Lipinski definition) is 4. The van der Waals surface area contributed by atoms with Gasteiger partial charge in [-0.25, -0.2) is 0 Å². The van der Waals surface area contributed by atoms with Crippen LogP contribution in [0.25, 0.3) is 10.4 Å². The molecule has 0 spiro atoms. The number of hydrogen-bond donors (Lipinski definition) is 1. The van der Waals surface area contributed by atoms with Crippen molar-refractivity contribution >= 4 is 27.0 Å². The lowest BCUT2D eigenvalue weighted by Gasteiger charge is -2.10. The summed E-state index contributed by atoms with van der Waals surface area (Å²) in [5.41, 5.74) is 2.40. The summed E-state index contributed by atoms with van der Waals surface area (Å²) in [5, 5.41) is -0.0933. The van der Waals surface area contributed by atoms with Gasteiger partial charge in [-0.1, -0.05) is 12.1 Å². The molecule has 0 saturated carbocycles. The number of aryl methyl sites for hydroxylation is 2. The first-order valence-electron chi connectivity index (χ1n) is 6.69. The lowest BCUT2D eigenvalue weighted by Crippen LogP contribution is -2.13. The zero-order valence-corrected chi connectivity index (χ0v) is 13.8. The molecule has 0 radical (unpaired) electrons. The van der Waals surface area contributed by atoms with E-state index in [4.69, 9.17) is 4.42 Å². The second kappa shape index (κ2) is 5.62. The predicted molar refractivity (Wildman–Crippen MR) is 88.7 cm³/mol. The molecule has 3 aromatic rings. The highest BCUT2D eigenvalue weighted by Gasteiger charge is 2.18. The number of furan rings is 1. The standard InChI is InChI=1S/C16H15NO3S2/c1-11-5-7-13(15-8-6-12(2)21-15)10-14(11)17-22(18,19)16-4-3-9-20-16/h3-10,17H,1-2H3. The molecule has 0 bridgehead atoms. The van der Waals surface area contributed by atoms with E-state index in [1.54, 1.807) is 17.4 Å². The van der Waals surface area contributed by atoms with E-state index in [1.807, 2.05) is 44.2 Å². The zero-order valence-electron chi connectivity index (χ0n) is 12.2.